The van der Waals surface area contributed by atoms with Crippen LogP contribution in [0.1, 0.15) is 102 Å². The molecule has 1 saturated heterocycles. The summed E-state index contributed by atoms with van der Waals surface area (Å²) in [5.74, 6) is -1.42. The van der Waals surface area contributed by atoms with Gasteiger partial charge in [0, 0.05) is 17.7 Å². The highest BCUT2D eigenvalue weighted by Gasteiger charge is 2.62. The summed E-state index contributed by atoms with van der Waals surface area (Å²) < 4.78 is 40.6. The number of ether oxygens (including phenoxy) is 2. The number of alkyl carbamates (subject to hydrolysis) is 1. The van der Waals surface area contributed by atoms with Crippen LogP contribution in [0.4, 0.5) is 4.79 Å². The average Bonchev–Trinajstić information content (AvgIpc) is 4.05. The van der Waals surface area contributed by atoms with E-state index in [0.717, 1.165) is 62.3 Å². The van der Waals surface area contributed by atoms with Crippen molar-refractivity contribution >= 4 is 50.8 Å². The van der Waals surface area contributed by atoms with E-state index in [9.17, 15) is 27.6 Å². The highest BCUT2D eigenvalue weighted by Crippen LogP contribution is 2.46. The van der Waals surface area contributed by atoms with Crippen LogP contribution in [-0.2, 0) is 29.1 Å². The molecule has 13 nitrogen and oxygen atoms in total. The number of hydrogen-bond donors (Lipinski definition) is 3. The number of rotatable bonds is 3. The number of nitrogens with one attached hydrogen (secondary N) is 3. The van der Waals surface area contributed by atoms with E-state index < -0.39 is 68.7 Å². The number of pyridine rings is 1. The normalized spacial score (nSPS) is 33.1. The number of aromatic nitrogens is 1. The summed E-state index contributed by atoms with van der Waals surface area (Å²) in [4.78, 5) is 62.8. The van der Waals surface area contributed by atoms with Crippen LogP contribution in [0.25, 0.3) is 17.0 Å². The van der Waals surface area contributed by atoms with Gasteiger partial charge in [-0.3, -0.25) is 19.1 Å². The summed E-state index contributed by atoms with van der Waals surface area (Å²) in [5.41, 5.74) is -0.0164. The molecule has 0 spiro atoms. The van der Waals surface area contributed by atoms with Gasteiger partial charge >= 0.3 is 6.09 Å². The molecule has 4 amide bonds. The van der Waals surface area contributed by atoms with Gasteiger partial charge in [0.05, 0.1) is 17.3 Å². The third-order valence-corrected chi connectivity index (χ3v) is 14.0. The molecule has 3 saturated carbocycles. The molecule has 3 bridgehead atoms. The summed E-state index contributed by atoms with van der Waals surface area (Å²) in [5, 5.41) is 6.09. The molecule has 4 heterocycles. The van der Waals surface area contributed by atoms with Gasteiger partial charge in [0.2, 0.25) is 21.8 Å². The summed E-state index contributed by atoms with van der Waals surface area (Å²) in [6.45, 7) is 0.0451. The molecule has 0 radical (unpaired) electrons. The Kier molecular flexibility index (Phi) is 10.6. The lowest BCUT2D eigenvalue weighted by Crippen LogP contribution is -2.58. The SMILES string of the molecule is O=C1N[C@H]2CCCCC/C=C\[C@@H]3C[C@@]3(C(=O)NS(=O)(=O)C3CC3)NC(=O)[C@@H]3C[C@H](CN3C2=O)Oc2cc3ccccc3nc2/C=C\CCC[C@@H]2CCC[C@H]2O1. The molecular weight excluding hydrogens is 723 g/mol. The van der Waals surface area contributed by atoms with E-state index in [4.69, 9.17) is 14.5 Å². The number of allylic oxidation sites excluding steroid dienone is 2. The number of benzene rings is 1. The first kappa shape index (κ1) is 37.5. The molecule has 7 atom stereocenters. The molecule has 14 heteroatoms. The molecule has 3 aliphatic heterocycles. The third kappa shape index (κ3) is 8.24. The Morgan fingerprint density at radius 1 is 0.927 bits per heavy atom. The molecule has 1 aromatic carbocycles. The van der Waals surface area contributed by atoms with Crippen LogP contribution < -0.4 is 20.1 Å². The number of carbonyl (C=O) groups is 4. The van der Waals surface area contributed by atoms with Gasteiger partial charge < -0.3 is 25.0 Å². The second kappa shape index (κ2) is 15.6. The Morgan fingerprint density at radius 2 is 1.75 bits per heavy atom. The lowest BCUT2D eigenvalue weighted by atomic mass is 9.98. The van der Waals surface area contributed by atoms with E-state index in [1.165, 1.54) is 4.90 Å². The third-order valence-electron chi connectivity index (χ3n) is 12.2. The van der Waals surface area contributed by atoms with Gasteiger partial charge in [-0.15, -0.1) is 0 Å². The minimum atomic E-state index is -3.88. The number of sulfonamides is 1. The summed E-state index contributed by atoms with van der Waals surface area (Å²) in [6.07, 6.45) is 16.4. The van der Waals surface area contributed by atoms with Crippen molar-refractivity contribution in [3.63, 3.8) is 0 Å². The van der Waals surface area contributed by atoms with Crippen LogP contribution in [0, 0.1) is 11.8 Å². The van der Waals surface area contributed by atoms with E-state index in [-0.39, 0.29) is 31.4 Å². The van der Waals surface area contributed by atoms with Crippen molar-refractivity contribution in [2.24, 2.45) is 11.8 Å². The monoisotopic (exact) mass is 773 g/mol. The van der Waals surface area contributed by atoms with Crippen molar-refractivity contribution in [1.82, 2.24) is 25.2 Å². The average molecular weight is 774 g/mol. The van der Waals surface area contributed by atoms with Crippen molar-refractivity contribution in [3.8, 4) is 5.75 Å². The zero-order valence-corrected chi connectivity index (χ0v) is 31.9. The van der Waals surface area contributed by atoms with E-state index in [1.807, 2.05) is 48.6 Å². The second-order valence-corrected chi connectivity index (χ2v) is 18.2. The molecule has 2 aromatic rings. The topological polar surface area (TPSA) is 173 Å². The smallest absolute Gasteiger partial charge is 0.408 e. The van der Waals surface area contributed by atoms with Gasteiger partial charge in [-0.2, -0.15) is 0 Å². The van der Waals surface area contributed by atoms with Gasteiger partial charge in [0.15, 0.2) is 0 Å². The molecule has 0 unspecified atom stereocenters. The maximum absolute atomic E-state index is 14.7. The standard InChI is InChI=1S/C41H51N5O8S/c47-37-34-23-29-25-46(34)38(48)33(18-7-3-1-2-6-15-28-24-41(28,44-37)39(49)45-55(51,52)30-20-21-30)43-40(50)54-35-19-11-14-26(35)12-5-4-8-17-32-36(53-29)22-27-13-9-10-16-31(27)42-32/h6,8-10,13,15-17,22,26,28-30,33-35H,1-5,7,11-12,14,18-21,23-25H2,(H,43,50)(H,44,47)(H,45,49)/b15-6-,17-8-/t26-,28-,29-,33+,34+,35-,41-/m1/s1. The predicted molar refractivity (Wildman–Crippen MR) is 205 cm³/mol. The minimum Gasteiger partial charge on any atom is -0.486 e. The Balaban J connectivity index is 1.14. The number of hydrogen-bond acceptors (Lipinski definition) is 9. The zero-order valence-electron chi connectivity index (χ0n) is 31.1. The lowest BCUT2D eigenvalue weighted by molar-refractivity contribution is -0.141. The first-order chi connectivity index (χ1) is 26.6. The van der Waals surface area contributed by atoms with E-state index in [2.05, 4.69) is 21.4 Å². The highest BCUT2D eigenvalue weighted by atomic mass is 32.2. The molecule has 8 rings (SSSR count). The molecule has 4 fully saturated rings. The fraction of sp³-hybridized carbons (Fsp3) is 0.585. The molecule has 1 aromatic heterocycles. The van der Waals surface area contributed by atoms with Gasteiger partial charge in [0.25, 0.3) is 5.91 Å². The largest absolute Gasteiger partial charge is 0.486 e. The summed E-state index contributed by atoms with van der Waals surface area (Å²) >= 11 is 0. The van der Waals surface area contributed by atoms with Crippen molar-refractivity contribution in [2.45, 2.75) is 131 Å². The van der Waals surface area contributed by atoms with Gasteiger partial charge in [-0.25, -0.2) is 18.2 Å². The summed E-state index contributed by atoms with van der Waals surface area (Å²) in [7, 11) is -3.88. The van der Waals surface area contributed by atoms with Crippen LogP contribution >= 0.6 is 0 Å². The minimum absolute atomic E-state index is 0.0451. The number of para-hydroxylation sites is 1. The summed E-state index contributed by atoms with van der Waals surface area (Å²) in [6, 6.07) is 7.69. The van der Waals surface area contributed by atoms with Crippen LogP contribution in [0.15, 0.2) is 48.6 Å². The van der Waals surface area contributed by atoms with Gasteiger partial charge in [0.1, 0.15) is 41.3 Å². The van der Waals surface area contributed by atoms with Gasteiger partial charge in [-0.1, -0.05) is 49.3 Å². The number of amides is 4. The molecular formula is C41H51N5O8S. The Bertz CT molecular complexity index is 2000. The van der Waals surface area contributed by atoms with Crippen molar-refractivity contribution in [3.05, 3.63) is 54.3 Å². The van der Waals surface area contributed by atoms with Crippen LogP contribution in [-0.4, -0.2) is 83.7 Å². The van der Waals surface area contributed by atoms with E-state index in [0.29, 0.717) is 43.5 Å². The lowest BCUT2D eigenvalue weighted by Gasteiger charge is -2.30. The molecule has 3 N–H and O–H groups in total. The van der Waals surface area contributed by atoms with Crippen LogP contribution in [0.5, 0.6) is 5.75 Å². The van der Waals surface area contributed by atoms with Crippen molar-refractivity contribution < 1.29 is 37.1 Å². The van der Waals surface area contributed by atoms with Crippen LogP contribution in [0.3, 0.4) is 0 Å². The molecule has 6 aliphatic rings. The Hall–Kier alpha value is -4.46. The number of nitrogens with zero attached hydrogens (tertiary/aromatic N) is 2. The maximum Gasteiger partial charge on any atom is 0.408 e. The zero-order chi connectivity index (χ0) is 38.2. The predicted octanol–water partition coefficient (Wildman–Crippen LogP) is 5.05. The maximum atomic E-state index is 14.7. The highest BCUT2D eigenvalue weighted by molar-refractivity contribution is 7.91. The van der Waals surface area contributed by atoms with Crippen molar-refractivity contribution in [2.75, 3.05) is 6.54 Å². The fourth-order valence-electron chi connectivity index (χ4n) is 8.85. The Morgan fingerprint density at radius 3 is 2.60 bits per heavy atom. The fourth-order valence-corrected chi connectivity index (χ4v) is 10.2. The first-order valence-corrected chi connectivity index (χ1v) is 21.7. The Labute approximate surface area is 322 Å². The molecule has 3 aliphatic carbocycles. The second-order valence-electron chi connectivity index (χ2n) is 16.2. The van der Waals surface area contributed by atoms with E-state index >= 15 is 0 Å². The molecule has 55 heavy (non-hydrogen) atoms. The van der Waals surface area contributed by atoms with Gasteiger partial charge in [-0.05, 0) is 101 Å². The number of fused-ring (bicyclic) bond motifs is 6. The van der Waals surface area contributed by atoms with Crippen LogP contribution in [0.2, 0.25) is 0 Å². The van der Waals surface area contributed by atoms with E-state index in [1.54, 1.807) is 0 Å². The van der Waals surface area contributed by atoms with Crippen molar-refractivity contribution in [1.29, 1.82) is 0 Å². The number of carbonyl (C=O) groups excluding carboxylic acids is 4. The quantitative estimate of drug-likeness (QED) is 0.361. The first-order valence-electron chi connectivity index (χ1n) is 20.1. The molecule has 294 valence electrons.